The Bertz CT molecular complexity index is 542. The molecule has 0 bridgehead atoms. The van der Waals surface area contributed by atoms with Crippen LogP contribution >= 0.6 is 0 Å². The Labute approximate surface area is 146 Å². The van der Waals surface area contributed by atoms with E-state index in [-0.39, 0.29) is 11.9 Å². The number of fused-ring (bicyclic) bond motifs is 1. The lowest BCUT2D eigenvalue weighted by atomic mass is 9.85. The molecule has 2 aliphatic rings. The Morgan fingerprint density at radius 2 is 2.04 bits per heavy atom. The van der Waals surface area contributed by atoms with Crippen LogP contribution in [0, 0.1) is 5.92 Å². The second-order valence-corrected chi connectivity index (χ2v) is 7.26. The summed E-state index contributed by atoms with van der Waals surface area (Å²) in [5.41, 5.74) is 2.17. The maximum atomic E-state index is 12.6. The van der Waals surface area contributed by atoms with Gasteiger partial charge in [-0.2, -0.15) is 0 Å². The van der Waals surface area contributed by atoms with Crippen molar-refractivity contribution < 1.29 is 4.79 Å². The summed E-state index contributed by atoms with van der Waals surface area (Å²) in [7, 11) is 0. The third-order valence-corrected chi connectivity index (χ3v) is 5.67. The number of carbonyl (C=O) groups is 1. The van der Waals surface area contributed by atoms with Gasteiger partial charge in [-0.05, 0) is 56.0 Å². The normalized spacial score (nSPS) is 26.4. The van der Waals surface area contributed by atoms with Gasteiger partial charge in [0.05, 0.1) is 6.04 Å². The van der Waals surface area contributed by atoms with Gasteiger partial charge in [0.15, 0.2) is 0 Å². The summed E-state index contributed by atoms with van der Waals surface area (Å²) < 4.78 is 0. The molecule has 1 aliphatic heterocycles. The first-order valence-corrected chi connectivity index (χ1v) is 9.57. The van der Waals surface area contributed by atoms with Crippen molar-refractivity contribution in [2.45, 2.75) is 64.6 Å². The van der Waals surface area contributed by atoms with Gasteiger partial charge in [-0.15, -0.1) is 0 Å². The van der Waals surface area contributed by atoms with Crippen LogP contribution in [0.5, 0.6) is 0 Å². The van der Waals surface area contributed by atoms with Gasteiger partial charge in [-0.25, -0.2) is 0 Å². The second-order valence-electron chi connectivity index (χ2n) is 7.26. The highest BCUT2D eigenvalue weighted by Gasteiger charge is 2.38. The third-order valence-electron chi connectivity index (χ3n) is 5.67. The number of nitrogens with one attached hydrogen (secondary N) is 2. The van der Waals surface area contributed by atoms with Gasteiger partial charge in [0.2, 0.25) is 5.91 Å². The lowest BCUT2D eigenvalue weighted by molar-refractivity contribution is -0.117. The van der Waals surface area contributed by atoms with Crippen LogP contribution in [0.1, 0.15) is 51.5 Å². The topological polar surface area (TPSA) is 44.4 Å². The van der Waals surface area contributed by atoms with Gasteiger partial charge in [-0.1, -0.05) is 38.8 Å². The molecular weight excluding hydrogens is 298 g/mol. The zero-order chi connectivity index (χ0) is 16.9. The van der Waals surface area contributed by atoms with Crippen molar-refractivity contribution >= 4 is 11.6 Å². The number of hydrogen-bond donors (Lipinski definition) is 2. The summed E-state index contributed by atoms with van der Waals surface area (Å²) >= 11 is 0. The maximum absolute atomic E-state index is 12.6. The van der Waals surface area contributed by atoms with E-state index >= 15 is 0 Å². The summed E-state index contributed by atoms with van der Waals surface area (Å²) in [4.78, 5) is 15.0. The number of amides is 1. The molecule has 3 rings (SSSR count). The van der Waals surface area contributed by atoms with E-state index in [2.05, 4.69) is 41.5 Å². The van der Waals surface area contributed by atoms with Gasteiger partial charge < -0.3 is 10.6 Å². The van der Waals surface area contributed by atoms with Crippen molar-refractivity contribution in [2.75, 3.05) is 18.4 Å². The minimum Gasteiger partial charge on any atom is -0.325 e. The van der Waals surface area contributed by atoms with E-state index in [4.69, 9.17) is 0 Å². The molecule has 1 heterocycles. The molecule has 2 fully saturated rings. The minimum atomic E-state index is -0.0236. The first-order chi connectivity index (χ1) is 11.7. The quantitative estimate of drug-likeness (QED) is 0.841. The van der Waals surface area contributed by atoms with Gasteiger partial charge >= 0.3 is 0 Å². The number of rotatable bonds is 6. The van der Waals surface area contributed by atoms with Crippen LogP contribution < -0.4 is 10.6 Å². The zero-order valence-electron chi connectivity index (χ0n) is 15.1. The van der Waals surface area contributed by atoms with E-state index in [1.165, 1.54) is 31.2 Å². The van der Waals surface area contributed by atoms with E-state index < -0.39 is 0 Å². The highest BCUT2D eigenvalue weighted by Crippen LogP contribution is 2.33. The molecule has 1 aromatic rings. The molecule has 4 nitrogen and oxygen atoms in total. The summed E-state index contributed by atoms with van der Waals surface area (Å²) in [6, 6.07) is 8.81. The highest BCUT2D eigenvalue weighted by molar-refractivity contribution is 5.95. The minimum absolute atomic E-state index is 0.0236. The Morgan fingerprint density at radius 3 is 2.79 bits per heavy atom. The van der Waals surface area contributed by atoms with Gasteiger partial charge in [0, 0.05) is 18.3 Å². The molecular formula is C20H31N3O. The number of hydrogen-bond acceptors (Lipinski definition) is 3. The van der Waals surface area contributed by atoms with E-state index in [1.807, 2.05) is 12.1 Å². The Hall–Kier alpha value is -1.39. The Morgan fingerprint density at radius 1 is 1.25 bits per heavy atom. The molecule has 2 N–H and O–H groups in total. The first-order valence-electron chi connectivity index (χ1n) is 9.57. The van der Waals surface area contributed by atoms with Crippen molar-refractivity contribution in [1.82, 2.24) is 10.2 Å². The molecule has 1 amide bonds. The molecule has 0 aromatic heterocycles. The van der Waals surface area contributed by atoms with E-state index in [1.54, 1.807) is 0 Å². The SMILES string of the molecule is CCN(CC)Cc1cccc(NC(=O)C2CC3CCCCC3N2)c1. The third kappa shape index (κ3) is 4.17. The second kappa shape index (κ2) is 8.13. The average Bonchev–Trinajstić information content (AvgIpc) is 3.04. The summed E-state index contributed by atoms with van der Waals surface area (Å²) in [5.74, 6) is 0.827. The smallest absolute Gasteiger partial charge is 0.241 e. The molecule has 3 atom stereocenters. The molecule has 132 valence electrons. The van der Waals surface area contributed by atoms with Crippen LogP contribution in [0.3, 0.4) is 0 Å². The number of nitrogens with zero attached hydrogens (tertiary/aromatic N) is 1. The average molecular weight is 329 g/mol. The number of benzene rings is 1. The number of carbonyl (C=O) groups excluding carboxylic acids is 1. The lowest BCUT2D eigenvalue weighted by Gasteiger charge is -2.24. The lowest BCUT2D eigenvalue weighted by Crippen LogP contribution is -2.39. The molecule has 1 aromatic carbocycles. The predicted octanol–water partition coefficient (Wildman–Crippen LogP) is 3.39. The fourth-order valence-electron chi connectivity index (χ4n) is 4.20. The van der Waals surface area contributed by atoms with Crippen molar-refractivity contribution in [1.29, 1.82) is 0 Å². The molecule has 1 saturated carbocycles. The summed E-state index contributed by atoms with van der Waals surface area (Å²) in [5, 5.41) is 6.68. The first kappa shape index (κ1) is 17.4. The fourth-order valence-corrected chi connectivity index (χ4v) is 4.20. The molecule has 0 radical (unpaired) electrons. The van der Waals surface area contributed by atoms with Crippen molar-refractivity contribution in [3.05, 3.63) is 29.8 Å². The van der Waals surface area contributed by atoms with Crippen LogP contribution in [0.15, 0.2) is 24.3 Å². The molecule has 4 heteroatoms. The van der Waals surface area contributed by atoms with Crippen molar-refractivity contribution in [2.24, 2.45) is 5.92 Å². The van der Waals surface area contributed by atoms with E-state index in [9.17, 15) is 4.79 Å². The van der Waals surface area contributed by atoms with E-state index in [0.717, 1.165) is 31.7 Å². The van der Waals surface area contributed by atoms with Gasteiger partial charge in [0.1, 0.15) is 0 Å². The molecule has 1 aliphatic carbocycles. The predicted molar refractivity (Wildman–Crippen MR) is 99.0 cm³/mol. The zero-order valence-corrected chi connectivity index (χ0v) is 15.1. The fraction of sp³-hybridized carbons (Fsp3) is 0.650. The van der Waals surface area contributed by atoms with Crippen LogP contribution in [-0.4, -0.2) is 36.0 Å². The Balaban J connectivity index is 1.58. The molecule has 1 saturated heterocycles. The standard InChI is InChI=1S/C20H31N3O/c1-3-23(4-2)14-15-8-7-10-17(12-15)21-20(24)19-13-16-9-5-6-11-18(16)22-19/h7-8,10,12,16,18-19,22H,3-6,9,11,13-14H2,1-2H3,(H,21,24). The molecule has 3 unspecified atom stereocenters. The van der Waals surface area contributed by atoms with Crippen LogP contribution in [0.2, 0.25) is 0 Å². The van der Waals surface area contributed by atoms with E-state index in [0.29, 0.717) is 12.0 Å². The van der Waals surface area contributed by atoms with Crippen LogP contribution in [0.25, 0.3) is 0 Å². The van der Waals surface area contributed by atoms with Gasteiger partial charge in [0.25, 0.3) is 0 Å². The largest absolute Gasteiger partial charge is 0.325 e. The van der Waals surface area contributed by atoms with Gasteiger partial charge in [-0.3, -0.25) is 9.69 Å². The molecule has 0 spiro atoms. The van der Waals surface area contributed by atoms with Crippen LogP contribution in [-0.2, 0) is 11.3 Å². The monoisotopic (exact) mass is 329 g/mol. The highest BCUT2D eigenvalue weighted by atomic mass is 16.2. The Kier molecular flexibility index (Phi) is 5.90. The summed E-state index contributed by atoms with van der Waals surface area (Å²) in [6.07, 6.45) is 6.13. The summed E-state index contributed by atoms with van der Waals surface area (Å²) in [6.45, 7) is 7.38. The molecule has 24 heavy (non-hydrogen) atoms. The maximum Gasteiger partial charge on any atom is 0.241 e. The van der Waals surface area contributed by atoms with Crippen molar-refractivity contribution in [3.8, 4) is 0 Å². The number of anilines is 1. The van der Waals surface area contributed by atoms with Crippen LogP contribution in [0.4, 0.5) is 5.69 Å². The van der Waals surface area contributed by atoms with Crippen molar-refractivity contribution in [3.63, 3.8) is 0 Å².